The molecule has 0 saturated carbocycles. The molecule has 1 nitrogen and oxygen atoms in total. The summed E-state index contributed by atoms with van der Waals surface area (Å²) in [5.74, 6) is 0.219. The van der Waals surface area contributed by atoms with Crippen LogP contribution in [-0.4, -0.2) is 5.78 Å². The summed E-state index contributed by atoms with van der Waals surface area (Å²) < 4.78 is 0. The fraction of sp³-hybridized carbons (Fsp3) is 0.533. The van der Waals surface area contributed by atoms with Crippen molar-refractivity contribution >= 4 is 5.78 Å². The number of Topliss-reactive ketones (excluding diaryl/α,β-unsaturated/α-hetero) is 1. The lowest BCUT2D eigenvalue weighted by Crippen LogP contribution is -2.29. The second-order valence-electron chi connectivity index (χ2n) is 6.24. The Kier molecular flexibility index (Phi) is 3.57. The third kappa shape index (κ3) is 3.48. The first kappa shape index (κ1) is 13.0. The molecule has 0 unspecified atom stereocenters. The first-order valence-electron chi connectivity index (χ1n) is 5.73. The Hall–Kier alpha value is -1.11. The normalized spacial score (nSPS) is 12.6. The number of benzene rings is 1. The molecule has 0 N–H and O–H groups in total. The molecule has 0 aliphatic heterocycles. The molecule has 1 aromatic carbocycles. The van der Waals surface area contributed by atoms with E-state index in [1.165, 1.54) is 0 Å². The number of hydrogen-bond acceptors (Lipinski definition) is 1. The van der Waals surface area contributed by atoms with Gasteiger partial charge in [-0.05, 0) is 17.9 Å². The van der Waals surface area contributed by atoms with Gasteiger partial charge in [0.1, 0.15) is 0 Å². The molecule has 0 atom stereocenters. The van der Waals surface area contributed by atoms with Crippen LogP contribution in [0.15, 0.2) is 24.3 Å². The summed E-state index contributed by atoms with van der Waals surface area (Å²) in [5, 5.41) is 0. The maximum absolute atomic E-state index is 12.3. The van der Waals surface area contributed by atoms with Gasteiger partial charge in [0.15, 0.2) is 5.78 Å². The number of carbonyl (C=O) groups is 1. The summed E-state index contributed by atoms with van der Waals surface area (Å²) in [5.41, 5.74) is 0.646. The first-order valence-corrected chi connectivity index (χ1v) is 5.73. The van der Waals surface area contributed by atoms with E-state index in [4.69, 9.17) is 0 Å². The first-order chi connectivity index (χ1) is 7.22. The molecule has 0 aliphatic carbocycles. The van der Waals surface area contributed by atoms with Gasteiger partial charge in [0.2, 0.25) is 0 Å². The summed E-state index contributed by atoms with van der Waals surface area (Å²) >= 11 is 0. The largest absolute Gasteiger partial charge is 0.294 e. The van der Waals surface area contributed by atoms with Crippen molar-refractivity contribution in [1.82, 2.24) is 0 Å². The quantitative estimate of drug-likeness (QED) is 0.696. The molecule has 1 heteroatoms. The van der Waals surface area contributed by atoms with Crippen LogP contribution >= 0.6 is 0 Å². The average molecular weight is 217 g/mol. The van der Waals surface area contributed by atoms with Crippen molar-refractivity contribution in [3.05, 3.63) is 35.9 Å². The van der Waals surface area contributed by atoms with E-state index >= 15 is 0 Å². The van der Waals surface area contributed by atoms with E-state index in [-0.39, 0.29) is 16.6 Å². The van der Waals surface area contributed by atoms with Gasteiger partial charge in [-0.1, -0.05) is 58.9 Å². The highest BCUT2D eigenvalue weighted by atomic mass is 16.1. The second-order valence-corrected chi connectivity index (χ2v) is 6.24. The second kappa shape index (κ2) is 4.40. The molecule has 0 aromatic heterocycles. The molecule has 1 rings (SSSR count). The Bertz CT molecular complexity index is 355. The molecule has 0 saturated heterocycles. The third-order valence-electron chi connectivity index (χ3n) is 2.57. The summed E-state index contributed by atoms with van der Waals surface area (Å²) in [6.45, 7) is 10.6. The van der Waals surface area contributed by atoms with Crippen LogP contribution < -0.4 is 0 Å². The Morgan fingerprint density at radius 1 is 1.12 bits per heavy atom. The van der Waals surface area contributed by atoms with Gasteiger partial charge >= 0.3 is 0 Å². The topological polar surface area (TPSA) is 17.1 Å². The predicted octanol–water partition coefficient (Wildman–Crippen LogP) is 4.13. The Morgan fingerprint density at radius 3 is 2.06 bits per heavy atom. The van der Waals surface area contributed by atoms with E-state index in [2.05, 4.69) is 26.8 Å². The lowest BCUT2D eigenvalue weighted by Gasteiger charge is -2.31. The molecule has 1 radical (unpaired) electrons. The van der Waals surface area contributed by atoms with Gasteiger partial charge in [-0.15, -0.1) is 0 Å². The minimum atomic E-state index is -0.306. The standard InChI is InChI=1S/C15H21O/c1-14(2,3)11-15(4,5)13(16)12-9-7-6-8-10-12/h7-10H,11H2,1-5H3. The van der Waals surface area contributed by atoms with E-state index in [0.29, 0.717) is 0 Å². The van der Waals surface area contributed by atoms with Gasteiger partial charge in [-0.3, -0.25) is 4.79 Å². The third-order valence-corrected chi connectivity index (χ3v) is 2.57. The van der Waals surface area contributed by atoms with Crippen LogP contribution in [0, 0.1) is 16.9 Å². The number of hydrogen-bond donors (Lipinski definition) is 0. The maximum Gasteiger partial charge on any atom is 0.168 e. The van der Waals surface area contributed by atoms with Gasteiger partial charge in [0, 0.05) is 11.0 Å². The molecule has 0 fully saturated rings. The molecule has 0 spiro atoms. The highest BCUT2D eigenvalue weighted by Gasteiger charge is 2.32. The summed E-state index contributed by atoms with van der Waals surface area (Å²) in [4.78, 5) is 12.3. The minimum absolute atomic E-state index is 0.167. The lowest BCUT2D eigenvalue weighted by molar-refractivity contribution is 0.0770. The van der Waals surface area contributed by atoms with Crippen LogP contribution in [0.5, 0.6) is 0 Å². The number of rotatable bonds is 3. The maximum atomic E-state index is 12.3. The number of carbonyl (C=O) groups excluding carboxylic acids is 1. The Labute approximate surface area is 98.9 Å². The molecular formula is C15H21O. The molecule has 0 aliphatic rings. The van der Waals surface area contributed by atoms with Crippen LogP contribution in [0.25, 0.3) is 0 Å². The molecule has 0 heterocycles. The van der Waals surface area contributed by atoms with Crippen LogP contribution in [0.3, 0.4) is 0 Å². The molecular weight excluding hydrogens is 196 g/mol. The van der Waals surface area contributed by atoms with Crippen molar-refractivity contribution < 1.29 is 4.79 Å². The summed E-state index contributed by atoms with van der Waals surface area (Å²) in [7, 11) is 0. The molecule has 16 heavy (non-hydrogen) atoms. The zero-order valence-corrected chi connectivity index (χ0v) is 10.9. The van der Waals surface area contributed by atoms with Crippen LogP contribution in [0.2, 0.25) is 0 Å². The Balaban J connectivity index is 2.89. The highest BCUT2D eigenvalue weighted by Crippen LogP contribution is 2.35. The molecule has 0 bridgehead atoms. The number of ketones is 1. The van der Waals surface area contributed by atoms with E-state index in [0.717, 1.165) is 12.0 Å². The summed E-state index contributed by atoms with van der Waals surface area (Å²) in [6, 6.07) is 10.2. The monoisotopic (exact) mass is 217 g/mol. The van der Waals surface area contributed by atoms with Gasteiger partial charge in [-0.25, -0.2) is 0 Å². The van der Waals surface area contributed by atoms with Crippen LogP contribution in [0.1, 0.15) is 51.4 Å². The van der Waals surface area contributed by atoms with Crippen molar-refractivity contribution in [3.8, 4) is 0 Å². The zero-order chi connectivity index (χ0) is 12.4. The van der Waals surface area contributed by atoms with Gasteiger partial charge in [-0.2, -0.15) is 0 Å². The van der Waals surface area contributed by atoms with Gasteiger partial charge < -0.3 is 0 Å². The van der Waals surface area contributed by atoms with E-state index < -0.39 is 0 Å². The highest BCUT2D eigenvalue weighted by molar-refractivity contribution is 6.00. The van der Waals surface area contributed by atoms with E-state index in [1.807, 2.05) is 26.0 Å². The Morgan fingerprint density at radius 2 is 1.62 bits per heavy atom. The SMILES string of the molecule is CC(C)(C)CC(C)(C)C(=O)c1cc[c]cc1. The van der Waals surface area contributed by atoms with Crippen molar-refractivity contribution in [2.75, 3.05) is 0 Å². The van der Waals surface area contributed by atoms with Crippen molar-refractivity contribution in [2.24, 2.45) is 10.8 Å². The molecule has 87 valence electrons. The lowest BCUT2D eigenvalue weighted by atomic mass is 9.72. The minimum Gasteiger partial charge on any atom is -0.294 e. The van der Waals surface area contributed by atoms with Crippen molar-refractivity contribution in [2.45, 2.75) is 41.0 Å². The van der Waals surface area contributed by atoms with E-state index in [9.17, 15) is 4.79 Å². The zero-order valence-electron chi connectivity index (χ0n) is 10.9. The predicted molar refractivity (Wildman–Crippen MR) is 67.5 cm³/mol. The average Bonchev–Trinajstić information content (AvgIpc) is 2.14. The smallest absolute Gasteiger partial charge is 0.168 e. The molecule has 0 amide bonds. The fourth-order valence-corrected chi connectivity index (χ4v) is 2.34. The van der Waals surface area contributed by atoms with Crippen molar-refractivity contribution in [3.63, 3.8) is 0 Å². The summed E-state index contributed by atoms with van der Waals surface area (Å²) in [6.07, 6.45) is 0.886. The van der Waals surface area contributed by atoms with Crippen LogP contribution in [-0.2, 0) is 0 Å². The van der Waals surface area contributed by atoms with Crippen LogP contribution in [0.4, 0.5) is 0 Å². The van der Waals surface area contributed by atoms with Gasteiger partial charge in [0.05, 0.1) is 0 Å². The fourth-order valence-electron chi connectivity index (χ4n) is 2.34. The van der Waals surface area contributed by atoms with Crippen molar-refractivity contribution in [1.29, 1.82) is 0 Å². The van der Waals surface area contributed by atoms with E-state index in [1.54, 1.807) is 12.1 Å². The molecule has 1 aromatic rings. The van der Waals surface area contributed by atoms with Gasteiger partial charge in [0.25, 0.3) is 0 Å².